The summed E-state index contributed by atoms with van der Waals surface area (Å²) >= 11 is 4.88. The number of fused-ring (bicyclic) bond motifs is 1. The van der Waals surface area contributed by atoms with Crippen LogP contribution < -0.4 is 0 Å². The van der Waals surface area contributed by atoms with Gasteiger partial charge in [0.05, 0.1) is 5.52 Å². The number of hydrogen-bond acceptors (Lipinski definition) is 1. The van der Waals surface area contributed by atoms with Crippen LogP contribution in [0.2, 0.25) is 0 Å². The molecular weight excluding hydrogens is 173 g/mol. The monoisotopic (exact) mass is 179 g/mol. The summed E-state index contributed by atoms with van der Waals surface area (Å²) in [6.07, 6.45) is 0. The van der Waals surface area contributed by atoms with Crippen LogP contribution in [-0.2, 0) is 0 Å². The Morgan fingerprint density at radius 1 is 1.17 bits per heavy atom. The fourth-order valence-electron chi connectivity index (χ4n) is 1.14. The van der Waals surface area contributed by atoms with Crippen molar-refractivity contribution >= 4 is 23.1 Å². The predicted octanol–water partition coefficient (Wildman–Crippen LogP) is 3.04. The molecule has 0 spiro atoms. The second kappa shape index (κ2) is 2.68. The zero-order valence-corrected chi connectivity index (χ0v) is 6.99. The van der Waals surface area contributed by atoms with Crippen LogP contribution in [0.15, 0.2) is 30.3 Å². The molecule has 0 radical (unpaired) electrons. The van der Waals surface area contributed by atoms with E-state index in [0.29, 0.717) is 10.2 Å². The lowest BCUT2D eigenvalue weighted by Crippen LogP contribution is -1.83. The third kappa shape index (κ3) is 1.12. The van der Waals surface area contributed by atoms with E-state index in [1.165, 1.54) is 6.07 Å². The average molecular weight is 179 g/mol. The van der Waals surface area contributed by atoms with E-state index in [9.17, 15) is 4.39 Å². The molecule has 3 heteroatoms. The Kier molecular flexibility index (Phi) is 1.66. The number of halogens is 1. The van der Waals surface area contributed by atoms with E-state index >= 15 is 0 Å². The van der Waals surface area contributed by atoms with E-state index in [0.717, 1.165) is 5.39 Å². The van der Waals surface area contributed by atoms with Crippen molar-refractivity contribution in [3.05, 3.63) is 40.8 Å². The first-order chi connectivity index (χ1) is 5.77. The number of H-pyrrole nitrogens is 1. The quantitative estimate of drug-likeness (QED) is 0.614. The molecule has 0 unspecified atom stereocenters. The Hall–Kier alpha value is -1.22. The summed E-state index contributed by atoms with van der Waals surface area (Å²) < 4.78 is 13.6. The Morgan fingerprint density at radius 3 is 2.83 bits per heavy atom. The van der Waals surface area contributed by atoms with Gasteiger partial charge in [-0.1, -0.05) is 24.4 Å². The highest BCUT2D eigenvalue weighted by Crippen LogP contribution is 2.14. The summed E-state index contributed by atoms with van der Waals surface area (Å²) in [4.78, 5) is 2.80. The van der Waals surface area contributed by atoms with E-state index in [1.807, 2.05) is 6.07 Å². The van der Waals surface area contributed by atoms with Crippen molar-refractivity contribution in [2.24, 2.45) is 0 Å². The predicted molar refractivity (Wildman–Crippen MR) is 49.1 cm³/mol. The first-order valence-electron chi connectivity index (χ1n) is 3.55. The zero-order chi connectivity index (χ0) is 8.55. The second-order valence-corrected chi connectivity index (χ2v) is 2.97. The van der Waals surface area contributed by atoms with Crippen molar-refractivity contribution in [1.29, 1.82) is 0 Å². The van der Waals surface area contributed by atoms with Crippen LogP contribution in [0.5, 0.6) is 0 Å². The van der Waals surface area contributed by atoms with Crippen molar-refractivity contribution in [2.75, 3.05) is 0 Å². The summed E-state index contributed by atoms with van der Waals surface area (Å²) in [6, 6.07) is 8.47. The fourth-order valence-corrected chi connectivity index (χ4v) is 1.31. The number of hydrogen-bond donors (Lipinski definition) is 1. The number of rotatable bonds is 0. The molecule has 0 fully saturated rings. The second-order valence-electron chi connectivity index (χ2n) is 2.53. The van der Waals surface area contributed by atoms with Crippen LogP contribution in [0.25, 0.3) is 10.9 Å². The molecule has 1 aromatic heterocycles. The van der Waals surface area contributed by atoms with Gasteiger partial charge in [-0.3, -0.25) is 0 Å². The van der Waals surface area contributed by atoms with Crippen molar-refractivity contribution in [3.8, 4) is 0 Å². The largest absolute Gasteiger partial charge is 0.344 e. The molecule has 1 nitrogen and oxygen atoms in total. The molecule has 0 bridgehead atoms. The highest BCUT2D eigenvalue weighted by molar-refractivity contribution is 7.71. The average Bonchev–Trinajstić information content (AvgIpc) is 2.07. The smallest absolute Gasteiger partial charge is 0.147 e. The van der Waals surface area contributed by atoms with Crippen LogP contribution in [0, 0.1) is 10.5 Å². The number of pyridine rings is 1. The molecule has 0 amide bonds. The molecule has 0 aliphatic heterocycles. The minimum atomic E-state index is -0.265. The molecule has 0 atom stereocenters. The summed E-state index contributed by atoms with van der Waals surface area (Å²) in [5.74, 6) is -0.265. The van der Waals surface area contributed by atoms with Crippen LogP contribution >= 0.6 is 12.2 Å². The number of benzene rings is 1. The maximum atomic E-state index is 13.1. The third-order valence-corrected chi connectivity index (χ3v) is 1.95. The Labute approximate surface area is 73.9 Å². The molecule has 0 saturated carbocycles. The summed E-state index contributed by atoms with van der Waals surface area (Å²) in [5.41, 5.74) is 0.477. The molecule has 0 saturated heterocycles. The molecule has 1 aromatic carbocycles. The van der Waals surface area contributed by atoms with Crippen LogP contribution in [0.1, 0.15) is 0 Å². The van der Waals surface area contributed by atoms with Gasteiger partial charge in [-0.15, -0.1) is 0 Å². The van der Waals surface area contributed by atoms with Gasteiger partial charge in [0, 0.05) is 5.39 Å². The summed E-state index contributed by atoms with van der Waals surface area (Å²) in [5, 5.41) is 0.837. The standard InChI is InChI=1S/C9H6FNS/c10-7-3-1-2-6-4-5-8(12)11-9(6)7/h1-5H,(H,11,12). The molecule has 0 aliphatic rings. The van der Waals surface area contributed by atoms with Crippen LogP contribution in [0.3, 0.4) is 0 Å². The first kappa shape index (κ1) is 7.43. The number of nitrogens with one attached hydrogen (secondary N) is 1. The van der Waals surface area contributed by atoms with Gasteiger partial charge < -0.3 is 4.98 Å². The van der Waals surface area contributed by atoms with Gasteiger partial charge in [0.15, 0.2) is 0 Å². The van der Waals surface area contributed by atoms with E-state index in [2.05, 4.69) is 4.98 Å². The normalized spacial score (nSPS) is 10.4. The molecule has 12 heavy (non-hydrogen) atoms. The fraction of sp³-hybridized carbons (Fsp3) is 0. The lowest BCUT2D eigenvalue weighted by Gasteiger charge is -1.97. The third-order valence-electron chi connectivity index (χ3n) is 1.71. The minimum absolute atomic E-state index is 0.265. The molecule has 2 rings (SSSR count). The van der Waals surface area contributed by atoms with Gasteiger partial charge >= 0.3 is 0 Å². The Morgan fingerprint density at radius 2 is 2.00 bits per heavy atom. The van der Waals surface area contributed by atoms with Crippen LogP contribution in [-0.4, -0.2) is 4.98 Å². The topological polar surface area (TPSA) is 15.8 Å². The van der Waals surface area contributed by atoms with Gasteiger partial charge in [-0.05, 0) is 18.2 Å². The lowest BCUT2D eigenvalue weighted by atomic mass is 10.2. The molecular formula is C9H6FNS. The SMILES string of the molecule is Fc1cccc2ccc(=S)[nH]c12. The van der Waals surface area contributed by atoms with Gasteiger partial charge in [0.1, 0.15) is 10.5 Å². The molecule has 0 aliphatic carbocycles. The van der Waals surface area contributed by atoms with Gasteiger partial charge in [0.25, 0.3) is 0 Å². The maximum absolute atomic E-state index is 13.1. The first-order valence-corrected chi connectivity index (χ1v) is 3.96. The highest BCUT2D eigenvalue weighted by Gasteiger charge is 1.97. The van der Waals surface area contributed by atoms with Crippen molar-refractivity contribution < 1.29 is 4.39 Å². The van der Waals surface area contributed by atoms with E-state index < -0.39 is 0 Å². The van der Waals surface area contributed by atoms with E-state index in [4.69, 9.17) is 12.2 Å². The van der Waals surface area contributed by atoms with Crippen molar-refractivity contribution in [2.45, 2.75) is 0 Å². The summed E-state index contributed by atoms with van der Waals surface area (Å²) in [7, 11) is 0. The molecule has 2 aromatic rings. The molecule has 1 N–H and O–H groups in total. The zero-order valence-electron chi connectivity index (χ0n) is 6.17. The summed E-state index contributed by atoms with van der Waals surface area (Å²) in [6.45, 7) is 0. The lowest BCUT2D eigenvalue weighted by molar-refractivity contribution is 0.636. The Bertz CT molecular complexity index is 475. The Balaban J connectivity index is 2.97. The minimum Gasteiger partial charge on any atom is -0.344 e. The number of para-hydroxylation sites is 1. The van der Waals surface area contributed by atoms with Crippen molar-refractivity contribution in [3.63, 3.8) is 0 Å². The van der Waals surface area contributed by atoms with Crippen LogP contribution in [0.4, 0.5) is 4.39 Å². The van der Waals surface area contributed by atoms with Gasteiger partial charge in [-0.25, -0.2) is 4.39 Å². The number of aromatic nitrogens is 1. The van der Waals surface area contributed by atoms with Crippen molar-refractivity contribution in [1.82, 2.24) is 4.98 Å². The maximum Gasteiger partial charge on any atom is 0.147 e. The number of aromatic amines is 1. The van der Waals surface area contributed by atoms with E-state index in [-0.39, 0.29) is 5.82 Å². The molecule has 60 valence electrons. The highest BCUT2D eigenvalue weighted by atomic mass is 32.1. The van der Waals surface area contributed by atoms with Gasteiger partial charge in [0.2, 0.25) is 0 Å². The van der Waals surface area contributed by atoms with E-state index in [1.54, 1.807) is 18.2 Å². The van der Waals surface area contributed by atoms with Gasteiger partial charge in [-0.2, -0.15) is 0 Å². The molecule has 1 heterocycles.